The van der Waals surface area contributed by atoms with Crippen LogP contribution in [0.4, 0.5) is 0 Å². The predicted molar refractivity (Wildman–Crippen MR) is 120 cm³/mol. The lowest BCUT2D eigenvalue weighted by Gasteiger charge is -2.15. The minimum atomic E-state index is -0.433. The van der Waals surface area contributed by atoms with Gasteiger partial charge >= 0.3 is 0 Å². The Morgan fingerprint density at radius 3 is 2.58 bits per heavy atom. The summed E-state index contributed by atoms with van der Waals surface area (Å²) in [5.74, 6) is 0.851. The van der Waals surface area contributed by atoms with Gasteiger partial charge in [0.15, 0.2) is 5.96 Å². The van der Waals surface area contributed by atoms with Gasteiger partial charge in [-0.2, -0.15) is 0 Å². The first-order chi connectivity index (χ1) is 12.3. The van der Waals surface area contributed by atoms with Gasteiger partial charge in [0.2, 0.25) is 0 Å². The molecule has 26 heavy (non-hydrogen) atoms. The Balaban J connectivity index is 0.00000338. The first kappa shape index (κ1) is 23.2. The molecule has 5 nitrogen and oxygen atoms in total. The maximum atomic E-state index is 10.2. The zero-order valence-electron chi connectivity index (χ0n) is 16.0. The van der Waals surface area contributed by atoms with Crippen LogP contribution in [0, 0.1) is 0 Å². The van der Waals surface area contributed by atoms with E-state index >= 15 is 0 Å². The van der Waals surface area contributed by atoms with Crippen molar-refractivity contribution in [3.63, 3.8) is 0 Å². The molecule has 0 aromatic heterocycles. The summed E-state index contributed by atoms with van der Waals surface area (Å²) >= 11 is 0. The average Bonchev–Trinajstić information content (AvgIpc) is 3.15. The van der Waals surface area contributed by atoms with Crippen molar-refractivity contribution < 1.29 is 5.11 Å². The Bertz CT molecular complexity index is 492. The molecule has 0 spiro atoms. The van der Waals surface area contributed by atoms with Crippen LogP contribution in [0.2, 0.25) is 0 Å². The molecule has 148 valence electrons. The summed E-state index contributed by atoms with van der Waals surface area (Å²) in [5, 5.41) is 16.8. The summed E-state index contributed by atoms with van der Waals surface area (Å²) in [6, 6.07) is 9.81. The van der Waals surface area contributed by atoms with Crippen LogP contribution in [0.25, 0.3) is 0 Å². The summed E-state index contributed by atoms with van der Waals surface area (Å²) in [7, 11) is 0. The lowest BCUT2D eigenvalue weighted by atomic mass is 10.1. The van der Waals surface area contributed by atoms with Crippen molar-refractivity contribution in [3.8, 4) is 0 Å². The third-order valence-corrected chi connectivity index (χ3v) is 4.59. The number of halogens is 1. The number of unbranched alkanes of at least 4 members (excludes halogenated alkanes) is 1. The first-order valence-electron chi connectivity index (χ1n) is 9.77. The first-order valence-corrected chi connectivity index (χ1v) is 9.77. The van der Waals surface area contributed by atoms with E-state index in [1.165, 1.54) is 38.9 Å². The Morgan fingerprint density at radius 1 is 1.15 bits per heavy atom. The molecule has 1 aliphatic rings. The van der Waals surface area contributed by atoms with Gasteiger partial charge in [0.25, 0.3) is 0 Å². The molecule has 1 heterocycles. The molecule has 0 amide bonds. The van der Waals surface area contributed by atoms with Crippen molar-refractivity contribution in [1.82, 2.24) is 15.5 Å². The molecule has 2 rings (SSSR count). The lowest BCUT2D eigenvalue weighted by Crippen LogP contribution is -2.38. The normalized spacial score (nSPS) is 16.2. The molecular formula is C20H35IN4O. The minimum Gasteiger partial charge on any atom is -0.388 e. The molecule has 6 heteroatoms. The molecule has 0 saturated carbocycles. The largest absolute Gasteiger partial charge is 0.388 e. The summed E-state index contributed by atoms with van der Waals surface area (Å²) < 4.78 is 0. The quantitative estimate of drug-likeness (QED) is 0.211. The molecule has 0 bridgehead atoms. The minimum absolute atomic E-state index is 0. The third kappa shape index (κ3) is 9.19. The van der Waals surface area contributed by atoms with Crippen LogP contribution >= 0.6 is 24.0 Å². The summed E-state index contributed by atoms with van der Waals surface area (Å²) in [6.07, 6.45) is 5.30. The summed E-state index contributed by atoms with van der Waals surface area (Å²) in [5.41, 5.74) is 0.966. The number of aliphatic hydroxyl groups is 1. The van der Waals surface area contributed by atoms with Crippen LogP contribution in [-0.2, 0) is 0 Å². The van der Waals surface area contributed by atoms with Gasteiger partial charge in [-0.3, -0.25) is 4.99 Å². The second-order valence-electron chi connectivity index (χ2n) is 6.66. The molecule has 1 aromatic carbocycles. The fourth-order valence-corrected chi connectivity index (χ4v) is 3.16. The van der Waals surface area contributed by atoms with E-state index in [-0.39, 0.29) is 24.0 Å². The number of guanidine groups is 1. The Kier molecular flexibility index (Phi) is 12.7. The number of likely N-dealkylation sites (tertiary alicyclic amines) is 1. The van der Waals surface area contributed by atoms with E-state index in [1.807, 2.05) is 30.3 Å². The molecule has 3 N–H and O–H groups in total. The van der Waals surface area contributed by atoms with Crippen LogP contribution in [0.5, 0.6) is 0 Å². The number of aliphatic hydroxyl groups excluding tert-OH is 1. The monoisotopic (exact) mass is 474 g/mol. The number of benzene rings is 1. The fourth-order valence-electron chi connectivity index (χ4n) is 3.16. The number of aliphatic imine (C=N–C) groups is 1. The van der Waals surface area contributed by atoms with Gasteiger partial charge in [-0.15, -0.1) is 24.0 Å². The van der Waals surface area contributed by atoms with Crippen molar-refractivity contribution in [1.29, 1.82) is 0 Å². The van der Waals surface area contributed by atoms with Gasteiger partial charge < -0.3 is 20.6 Å². The van der Waals surface area contributed by atoms with Crippen LogP contribution in [0.3, 0.4) is 0 Å². The van der Waals surface area contributed by atoms with E-state index in [9.17, 15) is 5.11 Å². The molecule has 1 aliphatic heterocycles. The molecular weight excluding hydrogens is 439 g/mol. The molecule has 1 saturated heterocycles. The van der Waals surface area contributed by atoms with Crippen LogP contribution in [-0.4, -0.2) is 55.2 Å². The molecule has 1 atom stereocenters. The Labute approximate surface area is 175 Å². The Morgan fingerprint density at radius 2 is 1.88 bits per heavy atom. The van der Waals surface area contributed by atoms with Crippen molar-refractivity contribution in [2.24, 2.45) is 4.99 Å². The second-order valence-corrected chi connectivity index (χ2v) is 6.66. The molecule has 0 radical (unpaired) electrons. The number of rotatable bonds is 10. The standard InChI is InChI=1S/C20H34N4O.HI/c1-2-21-20(22-13-6-7-15-24-16-8-9-17-24)23-14-12-19(25)18-10-4-3-5-11-18;/h3-5,10-11,19,25H,2,6-9,12-17H2,1H3,(H2,21,22,23);1H. The average molecular weight is 474 g/mol. The smallest absolute Gasteiger partial charge is 0.191 e. The highest BCUT2D eigenvalue weighted by atomic mass is 127. The van der Waals surface area contributed by atoms with Crippen molar-refractivity contribution in [3.05, 3.63) is 35.9 Å². The number of nitrogens with one attached hydrogen (secondary N) is 2. The zero-order chi connectivity index (χ0) is 17.7. The van der Waals surface area contributed by atoms with E-state index in [0.29, 0.717) is 13.0 Å². The number of nitrogens with zero attached hydrogens (tertiary/aromatic N) is 2. The highest BCUT2D eigenvalue weighted by Gasteiger charge is 2.10. The molecule has 1 unspecified atom stereocenters. The van der Waals surface area contributed by atoms with Crippen molar-refractivity contribution >= 4 is 29.9 Å². The van der Waals surface area contributed by atoms with E-state index in [1.54, 1.807) is 0 Å². The van der Waals surface area contributed by atoms with Crippen LogP contribution < -0.4 is 10.6 Å². The number of hydrogen-bond acceptors (Lipinski definition) is 3. The molecule has 1 aromatic rings. The highest BCUT2D eigenvalue weighted by molar-refractivity contribution is 14.0. The number of hydrogen-bond donors (Lipinski definition) is 3. The van der Waals surface area contributed by atoms with E-state index in [4.69, 9.17) is 0 Å². The summed E-state index contributed by atoms with van der Waals surface area (Å²) in [6.45, 7) is 8.24. The molecule has 0 aliphatic carbocycles. The SMILES string of the molecule is CCNC(=NCCCCN1CCCC1)NCCC(O)c1ccccc1.I. The third-order valence-electron chi connectivity index (χ3n) is 4.59. The maximum absolute atomic E-state index is 10.2. The van der Waals surface area contributed by atoms with Gasteiger partial charge in [0.05, 0.1) is 6.10 Å². The summed E-state index contributed by atoms with van der Waals surface area (Å²) in [4.78, 5) is 7.20. The molecule has 1 fully saturated rings. The van der Waals surface area contributed by atoms with Gasteiger partial charge in [0, 0.05) is 19.6 Å². The van der Waals surface area contributed by atoms with Gasteiger partial charge in [0.1, 0.15) is 0 Å². The van der Waals surface area contributed by atoms with Crippen LogP contribution in [0.15, 0.2) is 35.3 Å². The zero-order valence-corrected chi connectivity index (χ0v) is 18.3. The highest BCUT2D eigenvalue weighted by Crippen LogP contribution is 2.14. The van der Waals surface area contributed by atoms with Gasteiger partial charge in [-0.1, -0.05) is 30.3 Å². The van der Waals surface area contributed by atoms with Crippen molar-refractivity contribution in [2.75, 3.05) is 39.3 Å². The topological polar surface area (TPSA) is 59.9 Å². The van der Waals surface area contributed by atoms with E-state index < -0.39 is 6.10 Å². The van der Waals surface area contributed by atoms with Crippen molar-refractivity contribution in [2.45, 2.75) is 45.1 Å². The second kappa shape index (κ2) is 14.2. The van der Waals surface area contributed by atoms with Gasteiger partial charge in [-0.05, 0) is 64.2 Å². The predicted octanol–water partition coefficient (Wildman–Crippen LogP) is 3.16. The lowest BCUT2D eigenvalue weighted by molar-refractivity contribution is 0.168. The van der Waals surface area contributed by atoms with Crippen LogP contribution in [0.1, 0.15) is 50.7 Å². The maximum Gasteiger partial charge on any atom is 0.191 e. The Hall–Kier alpha value is -0.860. The van der Waals surface area contributed by atoms with E-state index in [0.717, 1.165) is 31.0 Å². The van der Waals surface area contributed by atoms with Gasteiger partial charge in [-0.25, -0.2) is 0 Å². The fraction of sp³-hybridized carbons (Fsp3) is 0.650. The van der Waals surface area contributed by atoms with E-state index in [2.05, 4.69) is 27.4 Å².